The summed E-state index contributed by atoms with van der Waals surface area (Å²) in [6.07, 6.45) is 7.44. The fourth-order valence-electron chi connectivity index (χ4n) is 2.85. The molecule has 1 unspecified atom stereocenters. The minimum atomic E-state index is -3.23. The number of hydrogen-bond donors (Lipinski definition) is 0. The Bertz CT molecular complexity index is 355. The van der Waals surface area contributed by atoms with E-state index in [-0.39, 0.29) is 6.04 Å². The quantitative estimate of drug-likeness (QED) is 0.741. The average Bonchev–Trinajstić information content (AvgIpc) is 2.65. The molecule has 0 aliphatic carbocycles. The lowest BCUT2D eigenvalue weighted by Crippen LogP contribution is -2.50. The Hall–Kier alpha value is 0.350. The number of alkyl halides is 1. The van der Waals surface area contributed by atoms with E-state index in [4.69, 9.17) is 0 Å². The first-order valence-electron chi connectivity index (χ1n) is 6.99. The predicted octanol–water partition coefficient (Wildman–Crippen LogP) is 2.36. The van der Waals surface area contributed by atoms with Crippen LogP contribution in [0.2, 0.25) is 0 Å². The van der Waals surface area contributed by atoms with E-state index >= 15 is 0 Å². The minimum absolute atomic E-state index is 0.138. The number of piperidine rings is 1. The van der Waals surface area contributed by atoms with Gasteiger partial charge in [-0.05, 0) is 25.7 Å². The van der Waals surface area contributed by atoms with Crippen molar-refractivity contribution in [2.75, 3.05) is 25.0 Å². The molecule has 2 heterocycles. The van der Waals surface area contributed by atoms with Gasteiger partial charge in [0.25, 0.3) is 10.2 Å². The fourth-order valence-corrected chi connectivity index (χ4v) is 5.65. The molecule has 0 radical (unpaired) electrons. The second-order valence-electron chi connectivity index (χ2n) is 5.24. The smallest absolute Gasteiger partial charge is 0.195 e. The average molecular weight is 339 g/mol. The summed E-state index contributed by atoms with van der Waals surface area (Å²) in [4.78, 5) is 0. The molecule has 106 valence electrons. The van der Waals surface area contributed by atoms with E-state index in [9.17, 15) is 8.42 Å². The Balaban J connectivity index is 2.14. The highest BCUT2D eigenvalue weighted by atomic mass is 79.9. The summed E-state index contributed by atoms with van der Waals surface area (Å²) in [5.41, 5.74) is 0. The molecule has 0 saturated carbocycles. The van der Waals surface area contributed by atoms with E-state index < -0.39 is 10.2 Å². The van der Waals surface area contributed by atoms with Gasteiger partial charge in [-0.3, -0.25) is 0 Å². The number of rotatable bonds is 3. The van der Waals surface area contributed by atoms with Crippen LogP contribution in [0.5, 0.6) is 0 Å². The molecule has 6 heteroatoms. The van der Waals surface area contributed by atoms with Gasteiger partial charge in [0.2, 0.25) is 0 Å². The Morgan fingerprint density at radius 3 is 2.22 bits per heavy atom. The van der Waals surface area contributed by atoms with Gasteiger partial charge in [-0.1, -0.05) is 35.2 Å². The molecule has 4 nitrogen and oxygen atoms in total. The summed E-state index contributed by atoms with van der Waals surface area (Å²) < 4.78 is 28.8. The van der Waals surface area contributed by atoms with Crippen molar-refractivity contribution in [3.8, 4) is 0 Å². The van der Waals surface area contributed by atoms with Crippen LogP contribution in [0.3, 0.4) is 0 Å². The van der Waals surface area contributed by atoms with Crippen molar-refractivity contribution < 1.29 is 8.42 Å². The molecule has 0 bridgehead atoms. The van der Waals surface area contributed by atoms with Gasteiger partial charge >= 0.3 is 0 Å². The summed E-state index contributed by atoms with van der Waals surface area (Å²) in [5, 5.41) is 0.750. The molecule has 0 aromatic carbocycles. The molecule has 0 aromatic heterocycles. The van der Waals surface area contributed by atoms with Gasteiger partial charge < -0.3 is 0 Å². The van der Waals surface area contributed by atoms with Crippen molar-refractivity contribution >= 4 is 26.1 Å². The highest BCUT2D eigenvalue weighted by Gasteiger charge is 2.35. The molecule has 2 aliphatic rings. The molecule has 2 fully saturated rings. The third-order valence-corrected chi connectivity index (χ3v) is 6.78. The lowest BCUT2D eigenvalue weighted by Gasteiger charge is -2.35. The van der Waals surface area contributed by atoms with Crippen molar-refractivity contribution in [2.24, 2.45) is 0 Å². The summed E-state index contributed by atoms with van der Waals surface area (Å²) in [6.45, 7) is 2.09. The van der Waals surface area contributed by atoms with Crippen molar-refractivity contribution in [2.45, 2.75) is 51.0 Å². The van der Waals surface area contributed by atoms with Crippen LogP contribution in [0.4, 0.5) is 0 Å². The van der Waals surface area contributed by atoms with Gasteiger partial charge in [-0.2, -0.15) is 17.0 Å². The van der Waals surface area contributed by atoms with E-state index in [1.54, 1.807) is 8.61 Å². The lowest BCUT2D eigenvalue weighted by molar-refractivity contribution is 0.278. The van der Waals surface area contributed by atoms with Crippen LogP contribution in [0.25, 0.3) is 0 Å². The van der Waals surface area contributed by atoms with Crippen molar-refractivity contribution in [3.63, 3.8) is 0 Å². The summed E-state index contributed by atoms with van der Waals surface area (Å²) in [6, 6.07) is 0.138. The highest BCUT2D eigenvalue weighted by molar-refractivity contribution is 9.09. The molecule has 2 saturated heterocycles. The lowest BCUT2D eigenvalue weighted by atomic mass is 10.1. The zero-order valence-corrected chi connectivity index (χ0v) is 13.3. The van der Waals surface area contributed by atoms with Crippen molar-refractivity contribution in [1.82, 2.24) is 8.61 Å². The Morgan fingerprint density at radius 1 is 0.944 bits per heavy atom. The number of halogens is 1. The molecule has 2 aliphatic heterocycles. The Labute approximate surface area is 119 Å². The van der Waals surface area contributed by atoms with Gasteiger partial charge in [-0.25, -0.2) is 0 Å². The third kappa shape index (κ3) is 3.26. The largest absolute Gasteiger partial charge is 0.282 e. The normalized spacial score (nSPS) is 29.1. The monoisotopic (exact) mass is 338 g/mol. The molecule has 18 heavy (non-hydrogen) atoms. The topological polar surface area (TPSA) is 40.6 Å². The Kier molecular flexibility index (Phi) is 5.47. The van der Waals surface area contributed by atoms with Gasteiger partial charge in [0.1, 0.15) is 0 Å². The SMILES string of the molecule is O=S(=O)(N1CCCCC1)N1CCCCCC1CBr. The predicted molar refractivity (Wildman–Crippen MR) is 77.1 cm³/mol. The maximum absolute atomic E-state index is 12.7. The third-order valence-electron chi connectivity index (χ3n) is 3.94. The molecule has 1 atom stereocenters. The summed E-state index contributed by atoms with van der Waals surface area (Å²) in [5.74, 6) is 0. The Morgan fingerprint density at radius 2 is 1.56 bits per heavy atom. The van der Waals surface area contributed by atoms with Crippen LogP contribution < -0.4 is 0 Å². The molecule has 0 spiro atoms. The molecule has 0 aromatic rings. The van der Waals surface area contributed by atoms with Crippen LogP contribution in [0.1, 0.15) is 44.9 Å². The van der Waals surface area contributed by atoms with E-state index in [0.717, 1.165) is 50.3 Å². The molecule has 2 rings (SSSR count). The fraction of sp³-hybridized carbons (Fsp3) is 1.00. The number of nitrogens with zero attached hydrogens (tertiary/aromatic N) is 2. The van der Waals surface area contributed by atoms with Gasteiger partial charge in [0.05, 0.1) is 0 Å². The summed E-state index contributed by atoms with van der Waals surface area (Å²) >= 11 is 3.48. The van der Waals surface area contributed by atoms with Gasteiger partial charge in [-0.15, -0.1) is 0 Å². The molecule has 0 amide bonds. The highest BCUT2D eigenvalue weighted by Crippen LogP contribution is 2.25. The van der Waals surface area contributed by atoms with Crippen molar-refractivity contribution in [1.29, 1.82) is 0 Å². The van der Waals surface area contributed by atoms with Gasteiger partial charge in [0, 0.05) is 31.0 Å². The first-order chi connectivity index (χ1) is 8.66. The van der Waals surface area contributed by atoms with Gasteiger partial charge in [0.15, 0.2) is 0 Å². The molecule has 0 N–H and O–H groups in total. The summed E-state index contributed by atoms with van der Waals surface area (Å²) in [7, 11) is -3.23. The number of hydrogen-bond acceptors (Lipinski definition) is 2. The van der Waals surface area contributed by atoms with Crippen LogP contribution in [-0.2, 0) is 10.2 Å². The first-order valence-corrected chi connectivity index (χ1v) is 9.51. The van der Waals surface area contributed by atoms with Crippen LogP contribution in [0.15, 0.2) is 0 Å². The molecular weight excluding hydrogens is 316 g/mol. The van der Waals surface area contributed by atoms with E-state index in [0.29, 0.717) is 19.6 Å². The standard InChI is InChI=1S/C12H23BrN2O2S/c13-11-12-7-3-1-6-10-15(12)18(16,17)14-8-4-2-5-9-14/h12H,1-11H2. The zero-order valence-electron chi connectivity index (χ0n) is 10.9. The maximum atomic E-state index is 12.7. The zero-order chi connectivity index (χ0) is 13.0. The van der Waals surface area contributed by atoms with E-state index in [2.05, 4.69) is 15.9 Å². The van der Waals surface area contributed by atoms with Crippen LogP contribution >= 0.6 is 15.9 Å². The first kappa shape index (κ1) is 14.8. The van der Waals surface area contributed by atoms with E-state index in [1.165, 1.54) is 0 Å². The minimum Gasteiger partial charge on any atom is -0.195 e. The molecular formula is C12H23BrN2O2S. The second-order valence-corrected chi connectivity index (χ2v) is 7.76. The van der Waals surface area contributed by atoms with E-state index in [1.807, 2.05) is 0 Å². The van der Waals surface area contributed by atoms with Crippen LogP contribution in [-0.4, -0.2) is 48.0 Å². The van der Waals surface area contributed by atoms with Crippen LogP contribution in [0, 0.1) is 0 Å². The maximum Gasteiger partial charge on any atom is 0.282 e. The van der Waals surface area contributed by atoms with Crippen molar-refractivity contribution in [3.05, 3.63) is 0 Å². The second kappa shape index (κ2) is 6.68.